The molecule has 2 aromatic heterocycles. The zero-order chi connectivity index (χ0) is 22.6. The zero-order valence-corrected chi connectivity index (χ0v) is 19.6. The van der Waals surface area contributed by atoms with Crippen molar-refractivity contribution in [3.8, 4) is 11.5 Å². The molecule has 1 aromatic carbocycles. The Morgan fingerprint density at radius 2 is 2.06 bits per heavy atom. The smallest absolute Gasteiger partial charge is 0.253 e. The summed E-state index contributed by atoms with van der Waals surface area (Å²) in [4.78, 5) is 19.8. The third kappa shape index (κ3) is 3.14. The maximum atomic E-state index is 13.7. The summed E-state index contributed by atoms with van der Waals surface area (Å²) in [5, 5.41) is 4.81. The molecule has 5 rings (SSSR count). The van der Waals surface area contributed by atoms with Gasteiger partial charge in [0, 0.05) is 30.4 Å². The number of aromatic nitrogens is 2. The van der Waals surface area contributed by atoms with Crippen molar-refractivity contribution in [2.75, 3.05) is 33.1 Å². The molecule has 0 bridgehead atoms. The lowest BCUT2D eigenvalue weighted by atomic mass is 9.90. The molecule has 2 aliphatic rings. The molecule has 1 aliphatic heterocycles. The van der Waals surface area contributed by atoms with Crippen LogP contribution in [0.4, 0.5) is 11.4 Å². The summed E-state index contributed by atoms with van der Waals surface area (Å²) >= 11 is 12.7. The van der Waals surface area contributed by atoms with Crippen molar-refractivity contribution >= 4 is 45.5 Å². The molecule has 2 atom stereocenters. The Kier molecular flexibility index (Phi) is 5.23. The van der Waals surface area contributed by atoms with Crippen LogP contribution in [-0.4, -0.2) is 48.3 Å². The minimum atomic E-state index is -0.442. The van der Waals surface area contributed by atoms with E-state index in [4.69, 9.17) is 32.7 Å². The highest BCUT2D eigenvalue weighted by atomic mass is 35.5. The molecule has 7 nitrogen and oxygen atoms in total. The molecule has 0 radical (unpaired) electrons. The molecule has 2 unspecified atom stereocenters. The van der Waals surface area contributed by atoms with Gasteiger partial charge in [0.2, 0.25) is 0 Å². The van der Waals surface area contributed by atoms with Crippen LogP contribution in [0, 0.1) is 0 Å². The first-order valence-corrected chi connectivity index (χ1v) is 11.3. The third-order valence-corrected chi connectivity index (χ3v) is 6.97. The molecule has 1 N–H and O–H groups in total. The standard InChI is InChI=1S/C23H24Cl2N4O3/c1-28(2)12-23-8-4-5-18(23)32-22-17(31-3)7-6-13-16(9-19(30)29(23)21(13)22)27-20-14(24)10-26-11-15(20)25/h6-7,9-11,18H,4-5,8,12H2,1-3H3,(H,26,27). The number of anilines is 2. The number of halogens is 2. The average Bonchev–Trinajstić information content (AvgIpc) is 3.14. The molecule has 1 fully saturated rings. The Labute approximate surface area is 195 Å². The highest BCUT2D eigenvalue weighted by Crippen LogP contribution is 2.50. The first-order valence-electron chi connectivity index (χ1n) is 10.5. The summed E-state index contributed by atoms with van der Waals surface area (Å²) in [6.45, 7) is 0.706. The quantitative estimate of drug-likeness (QED) is 0.579. The Bertz CT molecular complexity index is 1260. The van der Waals surface area contributed by atoms with Crippen molar-refractivity contribution in [1.29, 1.82) is 0 Å². The van der Waals surface area contributed by atoms with Gasteiger partial charge in [-0.25, -0.2) is 0 Å². The van der Waals surface area contributed by atoms with Gasteiger partial charge in [0.05, 0.1) is 34.1 Å². The topological polar surface area (TPSA) is 68.6 Å². The van der Waals surface area contributed by atoms with Gasteiger partial charge in [-0.2, -0.15) is 0 Å². The minimum Gasteiger partial charge on any atom is -0.493 e. The van der Waals surface area contributed by atoms with E-state index in [0.717, 1.165) is 30.2 Å². The van der Waals surface area contributed by atoms with E-state index >= 15 is 0 Å². The van der Waals surface area contributed by atoms with Crippen LogP contribution < -0.4 is 20.3 Å². The third-order valence-electron chi connectivity index (χ3n) is 6.40. The number of hydrogen-bond acceptors (Lipinski definition) is 6. The fourth-order valence-electron chi connectivity index (χ4n) is 5.24. The van der Waals surface area contributed by atoms with Gasteiger partial charge in [-0.15, -0.1) is 0 Å². The summed E-state index contributed by atoms with van der Waals surface area (Å²) < 4.78 is 14.1. The van der Waals surface area contributed by atoms with E-state index in [-0.39, 0.29) is 11.7 Å². The normalized spacial score (nSPS) is 21.5. The number of likely N-dealkylation sites (N-methyl/N-ethyl adjacent to an activating group) is 1. The number of rotatable bonds is 5. The molecule has 0 amide bonds. The number of ether oxygens (including phenoxy) is 2. The molecule has 1 aliphatic carbocycles. The predicted molar refractivity (Wildman–Crippen MR) is 127 cm³/mol. The maximum Gasteiger partial charge on any atom is 0.253 e. The van der Waals surface area contributed by atoms with Gasteiger partial charge in [0.1, 0.15) is 11.6 Å². The van der Waals surface area contributed by atoms with Crippen molar-refractivity contribution < 1.29 is 9.47 Å². The van der Waals surface area contributed by atoms with Gasteiger partial charge < -0.3 is 19.7 Å². The summed E-state index contributed by atoms with van der Waals surface area (Å²) in [6.07, 6.45) is 5.67. The molecule has 168 valence electrons. The molecule has 0 saturated heterocycles. The number of hydrogen-bond donors (Lipinski definition) is 1. The lowest BCUT2D eigenvalue weighted by Crippen LogP contribution is -2.56. The van der Waals surface area contributed by atoms with Crippen LogP contribution >= 0.6 is 23.2 Å². The van der Waals surface area contributed by atoms with Gasteiger partial charge in [-0.1, -0.05) is 23.2 Å². The fourth-order valence-corrected chi connectivity index (χ4v) is 5.70. The molecule has 3 aromatic rings. The highest BCUT2D eigenvalue weighted by molar-refractivity contribution is 6.39. The maximum absolute atomic E-state index is 13.7. The molecule has 32 heavy (non-hydrogen) atoms. The Balaban J connectivity index is 1.80. The van der Waals surface area contributed by atoms with Gasteiger partial charge in [0.25, 0.3) is 5.56 Å². The van der Waals surface area contributed by atoms with Crippen molar-refractivity contribution in [3.63, 3.8) is 0 Å². The van der Waals surface area contributed by atoms with E-state index in [9.17, 15) is 4.79 Å². The van der Waals surface area contributed by atoms with E-state index in [1.165, 1.54) is 12.4 Å². The summed E-state index contributed by atoms with van der Waals surface area (Å²) in [5.74, 6) is 1.20. The van der Waals surface area contributed by atoms with Gasteiger partial charge in [-0.3, -0.25) is 14.3 Å². The van der Waals surface area contributed by atoms with Gasteiger partial charge in [-0.05, 0) is 45.5 Å². The Morgan fingerprint density at radius 1 is 1.31 bits per heavy atom. The second kappa shape index (κ2) is 7.83. The number of methoxy groups -OCH3 is 1. The minimum absolute atomic E-state index is 0.0995. The second-order valence-electron chi connectivity index (χ2n) is 8.67. The molecular formula is C23H24Cl2N4O3. The largest absolute Gasteiger partial charge is 0.493 e. The fraction of sp³-hybridized carbons (Fsp3) is 0.391. The lowest BCUT2D eigenvalue weighted by molar-refractivity contribution is 0.0455. The molecule has 9 heteroatoms. The Morgan fingerprint density at radius 3 is 2.75 bits per heavy atom. The number of fused-ring (bicyclic) bond motifs is 2. The van der Waals surface area contributed by atoms with Crippen LogP contribution in [0.2, 0.25) is 10.0 Å². The monoisotopic (exact) mass is 474 g/mol. The van der Waals surface area contributed by atoms with Crippen LogP contribution in [0.25, 0.3) is 10.9 Å². The molecular weight excluding hydrogens is 451 g/mol. The van der Waals surface area contributed by atoms with Crippen molar-refractivity contribution in [2.24, 2.45) is 0 Å². The predicted octanol–water partition coefficient (Wildman–Crippen LogP) is 4.66. The summed E-state index contributed by atoms with van der Waals surface area (Å²) in [6, 6.07) is 5.41. The summed E-state index contributed by atoms with van der Waals surface area (Å²) in [5.41, 5.74) is 1.27. The van der Waals surface area contributed by atoms with E-state index in [2.05, 4.69) is 15.2 Å². The zero-order valence-electron chi connectivity index (χ0n) is 18.1. The van der Waals surface area contributed by atoms with Crippen LogP contribution in [0.5, 0.6) is 11.5 Å². The lowest BCUT2D eigenvalue weighted by Gasteiger charge is -2.44. The highest BCUT2D eigenvalue weighted by Gasteiger charge is 2.51. The second-order valence-corrected chi connectivity index (χ2v) is 9.48. The first-order chi connectivity index (χ1) is 15.4. The number of pyridine rings is 2. The van der Waals surface area contributed by atoms with Gasteiger partial charge in [0.15, 0.2) is 11.5 Å². The van der Waals surface area contributed by atoms with Gasteiger partial charge >= 0.3 is 0 Å². The van der Waals surface area contributed by atoms with E-state index in [1.807, 2.05) is 30.8 Å². The van der Waals surface area contributed by atoms with E-state index in [0.29, 0.717) is 39.5 Å². The Hall–Kier alpha value is -2.48. The summed E-state index contributed by atoms with van der Waals surface area (Å²) in [7, 11) is 5.66. The molecule has 0 spiro atoms. The number of benzene rings is 1. The first kappa shape index (κ1) is 21.4. The van der Waals surface area contributed by atoms with Crippen LogP contribution in [0.15, 0.2) is 35.4 Å². The number of nitrogens with one attached hydrogen (secondary N) is 1. The van der Waals surface area contributed by atoms with Crippen LogP contribution in [-0.2, 0) is 5.54 Å². The van der Waals surface area contributed by atoms with E-state index in [1.54, 1.807) is 13.2 Å². The van der Waals surface area contributed by atoms with Crippen LogP contribution in [0.1, 0.15) is 19.3 Å². The van der Waals surface area contributed by atoms with Crippen molar-refractivity contribution in [1.82, 2.24) is 14.5 Å². The van der Waals surface area contributed by atoms with Crippen molar-refractivity contribution in [2.45, 2.75) is 30.9 Å². The number of nitrogens with zero attached hydrogens (tertiary/aromatic N) is 3. The van der Waals surface area contributed by atoms with Crippen molar-refractivity contribution in [3.05, 3.63) is 51.0 Å². The average molecular weight is 475 g/mol. The van der Waals surface area contributed by atoms with E-state index < -0.39 is 5.54 Å². The SMILES string of the molecule is COc1ccc2c(Nc3c(Cl)cncc3Cl)cc(=O)n3c2c1OC1CCCC13CN(C)C. The molecule has 3 heterocycles. The molecule has 1 saturated carbocycles. The van der Waals surface area contributed by atoms with Crippen LogP contribution in [0.3, 0.4) is 0 Å².